The summed E-state index contributed by atoms with van der Waals surface area (Å²) in [4.78, 5) is 23.3. The number of hydrogen-bond donors (Lipinski definition) is 1. The molecule has 122 valence electrons. The molecule has 1 saturated carbocycles. The Morgan fingerprint density at radius 2 is 2.13 bits per heavy atom. The maximum Gasteiger partial charge on any atom is 0.225 e. The third-order valence-electron chi connectivity index (χ3n) is 5.58. The van der Waals surface area contributed by atoms with Gasteiger partial charge in [0.05, 0.1) is 5.92 Å². The molecule has 1 aliphatic heterocycles. The zero-order valence-corrected chi connectivity index (χ0v) is 13.4. The van der Waals surface area contributed by atoms with Gasteiger partial charge >= 0.3 is 0 Å². The fourth-order valence-corrected chi connectivity index (χ4v) is 4.33. The number of hydrogen-bond acceptors (Lipinski definition) is 4. The van der Waals surface area contributed by atoms with Crippen molar-refractivity contribution in [2.45, 2.75) is 25.7 Å². The fourth-order valence-electron chi connectivity index (χ4n) is 4.33. The van der Waals surface area contributed by atoms with Gasteiger partial charge in [0, 0.05) is 32.0 Å². The minimum Gasteiger partial charge on any atom is -0.356 e. The molecule has 0 spiro atoms. The van der Waals surface area contributed by atoms with E-state index in [4.69, 9.17) is 0 Å². The maximum absolute atomic E-state index is 12.5. The highest BCUT2D eigenvalue weighted by Gasteiger charge is 2.36. The number of nitrogens with one attached hydrogen (secondary N) is 1. The lowest BCUT2D eigenvalue weighted by molar-refractivity contribution is -0.125. The van der Waals surface area contributed by atoms with Gasteiger partial charge in [0.2, 0.25) is 11.9 Å². The summed E-state index contributed by atoms with van der Waals surface area (Å²) in [5.41, 5.74) is 0. The first kappa shape index (κ1) is 14.7. The average molecular weight is 312 g/mol. The van der Waals surface area contributed by atoms with E-state index in [1.165, 1.54) is 12.8 Å². The van der Waals surface area contributed by atoms with Gasteiger partial charge in [-0.25, -0.2) is 9.97 Å². The molecule has 1 amide bonds. The monoisotopic (exact) mass is 312 g/mol. The summed E-state index contributed by atoms with van der Waals surface area (Å²) in [5.74, 6) is 3.11. The predicted molar refractivity (Wildman–Crippen MR) is 88.8 cm³/mol. The second-order valence-corrected chi connectivity index (χ2v) is 7.12. The lowest BCUT2D eigenvalue weighted by atomic mass is 9.92. The van der Waals surface area contributed by atoms with Crippen LogP contribution >= 0.6 is 0 Å². The van der Waals surface area contributed by atoms with E-state index in [2.05, 4.69) is 32.3 Å². The van der Waals surface area contributed by atoms with Crippen molar-refractivity contribution in [3.8, 4) is 0 Å². The average Bonchev–Trinajstić information content (AvgIpc) is 3.23. The number of nitrogens with zero attached hydrogens (tertiary/aromatic N) is 3. The van der Waals surface area contributed by atoms with Crippen LogP contribution in [0.15, 0.2) is 30.6 Å². The predicted octanol–water partition coefficient (Wildman–Crippen LogP) is 2.02. The summed E-state index contributed by atoms with van der Waals surface area (Å²) in [5, 5.41) is 3.21. The van der Waals surface area contributed by atoms with Gasteiger partial charge in [-0.3, -0.25) is 4.79 Å². The fraction of sp³-hybridized carbons (Fsp3) is 0.611. The van der Waals surface area contributed by atoms with Crippen molar-refractivity contribution < 1.29 is 4.79 Å². The molecule has 0 unspecified atom stereocenters. The Labute approximate surface area is 137 Å². The van der Waals surface area contributed by atoms with Crippen molar-refractivity contribution >= 4 is 11.9 Å². The smallest absolute Gasteiger partial charge is 0.225 e. The van der Waals surface area contributed by atoms with Crippen LogP contribution in [0.5, 0.6) is 0 Å². The van der Waals surface area contributed by atoms with E-state index < -0.39 is 0 Å². The molecule has 1 N–H and O–H groups in total. The first-order valence-electron chi connectivity index (χ1n) is 8.77. The SMILES string of the molecule is O=C(NC[C@@H]1C[C@H]2C=C[C@H]1C2)[C@@H]1CCCN(c2ncccn2)C1. The molecular weight excluding hydrogens is 288 g/mol. The van der Waals surface area contributed by atoms with E-state index in [1.54, 1.807) is 12.4 Å². The van der Waals surface area contributed by atoms with Gasteiger partial charge in [-0.05, 0) is 49.5 Å². The maximum atomic E-state index is 12.5. The summed E-state index contributed by atoms with van der Waals surface area (Å²) in [6, 6.07) is 1.82. The second-order valence-electron chi connectivity index (χ2n) is 7.12. The topological polar surface area (TPSA) is 58.1 Å². The highest BCUT2D eigenvalue weighted by molar-refractivity contribution is 5.79. The first-order chi connectivity index (χ1) is 11.3. The third-order valence-corrected chi connectivity index (χ3v) is 5.58. The van der Waals surface area contributed by atoms with Gasteiger partial charge in [-0.15, -0.1) is 0 Å². The number of carbonyl (C=O) groups is 1. The largest absolute Gasteiger partial charge is 0.356 e. The molecule has 23 heavy (non-hydrogen) atoms. The quantitative estimate of drug-likeness (QED) is 0.864. The molecule has 2 aliphatic carbocycles. The van der Waals surface area contributed by atoms with E-state index in [0.717, 1.165) is 44.3 Å². The van der Waals surface area contributed by atoms with Crippen molar-refractivity contribution in [2.75, 3.05) is 24.5 Å². The van der Waals surface area contributed by atoms with Crippen molar-refractivity contribution in [3.63, 3.8) is 0 Å². The van der Waals surface area contributed by atoms with Crippen molar-refractivity contribution in [3.05, 3.63) is 30.6 Å². The van der Waals surface area contributed by atoms with E-state index in [0.29, 0.717) is 11.8 Å². The van der Waals surface area contributed by atoms with Crippen LogP contribution in [0.2, 0.25) is 0 Å². The molecule has 4 rings (SSSR count). The van der Waals surface area contributed by atoms with Crippen LogP contribution in [0, 0.1) is 23.7 Å². The molecule has 1 saturated heterocycles. The van der Waals surface area contributed by atoms with Gasteiger partial charge in [0.25, 0.3) is 0 Å². The van der Waals surface area contributed by atoms with Gasteiger partial charge in [0.1, 0.15) is 0 Å². The van der Waals surface area contributed by atoms with Crippen LogP contribution in [0.1, 0.15) is 25.7 Å². The lowest BCUT2D eigenvalue weighted by Crippen LogP contribution is -2.44. The molecule has 5 nitrogen and oxygen atoms in total. The number of piperidine rings is 1. The molecule has 0 aromatic carbocycles. The van der Waals surface area contributed by atoms with Gasteiger partial charge in [-0.2, -0.15) is 0 Å². The minimum absolute atomic E-state index is 0.0571. The Hall–Kier alpha value is -1.91. The van der Waals surface area contributed by atoms with Gasteiger partial charge in [0.15, 0.2) is 0 Å². The molecule has 2 bridgehead atoms. The normalized spacial score (nSPS) is 32.3. The Morgan fingerprint density at radius 1 is 1.26 bits per heavy atom. The van der Waals surface area contributed by atoms with Crippen LogP contribution < -0.4 is 10.2 Å². The molecule has 2 heterocycles. The van der Waals surface area contributed by atoms with Crippen molar-refractivity contribution in [1.82, 2.24) is 15.3 Å². The summed E-state index contributed by atoms with van der Waals surface area (Å²) in [6.07, 6.45) is 12.7. The number of anilines is 1. The molecule has 2 fully saturated rings. The Balaban J connectivity index is 1.30. The summed E-state index contributed by atoms with van der Waals surface area (Å²) in [7, 11) is 0. The first-order valence-corrected chi connectivity index (χ1v) is 8.77. The van der Waals surface area contributed by atoms with E-state index in [-0.39, 0.29) is 11.8 Å². The molecule has 4 atom stereocenters. The molecule has 3 aliphatic rings. The zero-order chi connectivity index (χ0) is 15.6. The summed E-state index contributed by atoms with van der Waals surface area (Å²) < 4.78 is 0. The molecule has 0 radical (unpaired) electrons. The van der Waals surface area contributed by atoms with Crippen LogP contribution in [0.25, 0.3) is 0 Å². The van der Waals surface area contributed by atoms with E-state index in [1.807, 2.05) is 6.07 Å². The third kappa shape index (κ3) is 3.09. The van der Waals surface area contributed by atoms with Gasteiger partial charge < -0.3 is 10.2 Å². The number of fused-ring (bicyclic) bond motifs is 2. The minimum atomic E-state index is 0.0571. The Morgan fingerprint density at radius 3 is 2.87 bits per heavy atom. The molecule has 1 aromatic rings. The van der Waals surface area contributed by atoms with Crippen molar-refractivity contribution in [2.24, 2.45) is 23.7 Å². The number of allylic oxidation sites excluding steroid dienone is 2. The summed E-state index contributed by atoms with van der Waals surface area (Å²) >= 11 is 0. The van der Waals surface area contributed by atoms with E-state index in [9.17, 15) is 4.79 Å². The van der Waals surface area contributed by atoms with Crippen LogP contribution in [-0.4, -0.2) is 35.5 Å². The number of rotatable bonds is 4. The van der Waals surface area contributed by atoms with E-state index >= 15 is 0 Å². The Kier molecular flexibility index (Phi) is 4.02. The molecular formula is C18H24N4O. The number of aromatic nitrogens is 2. The number of carbonyl (C=O) groups excluding carboxylic acids is 1. The zero-order valence-electron chi connectivity index (χ0n) is 13.4. The number of amides is 1. The molecule has 5 heteroatoms. The lowest BCUT2D eigenvalue weighted by Gasteiger charge is -2.32. The van der Waals surface area contributed by atoms with Gasteiger partial charge in [-0.1, -0.05) is 12.2 Å². The standard InChI is InChI=1S/C18H24N4O/c23-17(21-11-16-10-13-4-5-14(16)9-13)15-3-1-8-22(12-15)18-19-6-2-7-20-18/h2,4-7,13-16H,1,3,8-12H2,(H,21,23)/t13-,14-,15+,16-/m0/s1. The van der Waals surface area contributed by atoms with Crippen LogP contribution in [0.3, 0.4) is 0 Å². The van der Waals surface area contributed by atoms with Crippen LogP contribution in [-0.2, 0) is 4.79 Å². The molecule has 1 aromatic heterocycles. The van der Waals surface area contributed by atoms with Crippen molar-refractivity contribution in [1.29, 1.82) is 0 Å². The second kappa shape index (κ2) is 6.30. The van der Waals surface area contributed by atoms with Crippen LogP contribution in [0.4, 0.5) is 5.95 Å². The highest BCUT2D eigenvalue weighted by Crippen LogP contribution is 2.43. The Bertz CT molecular complexity index is 588. The highest BCUT2D eigenvalue weighted by atomic mass is 16.1. The summed E-state index contributed by atoms with van der Waals surface area (Å²) in [6.45, 7) is 2.50.